The highest BCUT2D eigenvalue weighted by atomic mass is 16.1. The quantitative estimate of drug-likeness (QED) is 0.806. The van der Waals surface area contributed by atoms with Gasteiger partial charge in [-0.15, -0.1) is 0 Å². The molecule has 2 aliphatic rings. The van der Waals surface area contributed by atoms with E-state index in [0.717, 1.165) is 25.1 Å². The lowest BCUT2D eigenvalue weighted by molar-refractivity contribution is 0.325. The van der Waals surface area contributed by atoms with Crippen molar-refractivity contribution in [3.8, 4) is 0 Å². The average molecular weight is 275 g/mol. The number of fused-ring (bicyclic) bond motifs is 1. The molecule has 4 nitrogen and oxygen atoms in total. The minimum absolute atomic E-state index is 0.0263. The summed E-state index contributed by atoms with van der Waals surface area (Å²) >= 11 is 0. The molecule has 1 aliphatic carbocycles. The molecule has 0 bridgehead atoms. The molecule has 1 aromatic heterocycles. The number of rotatable bonds is 5. The first-order valence-corrected chi connectivity index (χ1v) is 8.01. The second-order valence-corrected chi connectivity index (χ2v) is 6.06. The van der Waals surface area contributed by atoms with Crippen LogP contribution in [0.5, 0.6) is 0 Å². The van der Waals surface area contributed by atoms with Crippen molar-refractivity contribution >= 4 is 0 Å². The summed E-state index contributed by atoms with van der Waals surface area (Å²) in [5.41, 5.74) is 2.47. The van der Waals surface area contributed by atoms with E-state index < -0.39 is 0 Å². The SMILES string of the molecule is O=c1ccc2c([nH]1)CCCC2NCCCN1CCCC1. The minimum Gasteiger partial charge on any atom is -0.326 e. The van der Waals surface area contributed by atoms with E-state index in [9.17, 15) is 4.79 Å². The van der Waals surface area contributed by atoms with Crippen LogP contribution in [0.3, 0.4) is 0 Å². The lowest BCUT2D eigenvalue weighted by atomic mass is 9.91. The highest BCUT2D eigenvalue weighted by Gasteiger charge is 2.20. The largest absolute Gasteiger partial charge is 0.326 e. The molecule has 1 unspecified atom stereocenters. The summed E-state index contributed by atoms with van der Waals surface area (Å²) in [6, 6.07) is 4.09. The van der Waals surface area contributed by atoms with E-state index in [1.807, 2.05) is 6.07 Å². The number of H-pyrrole nitrogens is 1. The zero-order valence-electron chi connectivity index (χ0n) is 12.2. The fourth-order valence-corrected chi connectivity index (χ4v) is 3.50. The van der Waals surface area contributed by atoms with Crippen LogP contribution in [-0.4, -0.2) is 36.1 Å². The molecule has 3 rings (SSSR count). The molecule has 0 saturated carbocycles. The van der Waals surface area contributed by atoms with Crippen LogP contribution in [0.25, 0.3) is 0 Å². The maximum Gasteiger partial charge on any atom is 0.248 e. The molecule has 1 atom stereocenters. The summed E-state index contributed by atoms with van der Waals surface area (Å²) in [5.74, 6) is 0. The third kappa shape index (κ3) is 3.30. The lowest BCUT2D eigenvalue weighted by Gasteiger charge is -2.26. The Bertz CT molecular complexity index is 491. The third-order valence-electron chi connectivity index (χ3n) is 4.57. The van der Waals surface area contributed by atoms with Crippen molar-refractivity contribution in [3.05, 3.63) is 33.7 Å². The van der Waals surface area contributed by atoms with Gasteiger partial charge in [0, 0.05) is 17.8 Å². The van der Waals surface area contributed by atoms with Crippen molar-refractivity contribution < 1.29 is 0 Å². The van der Waals surface area contributed by atoms with E-state index in [-0.39, 0.29) is 5.56 Å². The van der Waals surface area contributed by atoms with Gasteiger partial charge >= 0.3 is 0 Å². The molecule has 0 spiro atoms. The number of likely N-dealkylation sites (tertiary alicyclic amines) is 1. The standard InChI is InChI=1S/C16H25N3O/c20-16-8-7-13-14(5-3-6-15(13)18-16)17-9-4-12-19-10-1-2-11-19/h7-8,14,17H,1-6,9-12H2,(H,18,20). The lowest BCUT2D eigenvalue weighted by Crippen LogP contribution is -2.30. The van der Waals surface area contributed by atoms with Gasteiger partial charge < -0.3 is 15.2 Å². The van der Waals surface area contributed by atoms with Gasteiger partial charge in [0.1, 0.15) is 0 Å². The second kappa shape index (κ2) is 6.55. The smallest absolute Gasteiger partial charge is 0.248 e. The highest BCUT2D eigenvalue weighted by molar-refractivity contribution is 5.26. The summed E-state index contributed by atoms with van der Waals surface area (Å²) in [6.07, 6.45) is 7.32. The molecule has 4 heteroatoms. The van der Waals surface area contributed by atoms with Gasteiger partial charge in [-0.3, -0.25) is 4.79 Å². The fourth-order valence-electron chi connectivity index (χ4n) is 3.50. The molecule has 20 heavy (non-hydrogen) atoms. The molecule has 2 N–H and O–H groups in total. The molecule has 0 amide bonds. The third-order valence-corrected chi connectivity index (χ3v) is 4.57. The maximum atomic E-state index is 11.4. The predicted octanol–water partition coefficient (Wildman–Crippen LogP) is 1.83. The Morgan fingerprint density at radius 2 is 2.10 bits per heavy atom. The molecule has 1 saturated heterocycles. The van der Waals surface area contributed by atoms with Crippen molar-refractivity contribution in [2.45, 2.75) is 44.6 Å². The second-order valence-electron chi connectivity index (χ2n) is 6.06. The van der Waals surface area contributed by atoms with Gasteiger partial charge in [-0.05, 0) is 70.3 Å². The van der Waals surface area contributed by atoms with Crippen molar-refractivity contribution in [2.24, 2.45) is 0 Å². The molecule has 1 aliphatic heterocycles. The number of pyridine rings is 1. The number of nitrogens with zero attached hydrogens (tertiary/aromatic N) is 1. The van der Waals surface area contributed by atoms with E-state index in [2.05, 4.69) is 15.2 Å². The Hall–Kier alpha value is -1.13. The van der Waals surface area contributed by atoms with Gasteiger partial charge in [0.15, 0.2) is 0 Å². The number of aromatic nitrogens is 1. The maximum absolute atomic E-state index is 11.4. The summed E-state index contributed by atoms with van der Waals surface area (Å²) in [5, 5.41) is 3.67. The molecule has 110 valence electrons. The number of aromatic amines is 1. The molecule has 1 aromatic rings. The van der Waals surface area contributed by atoms with Gasteiger partial charge in [-0.1, -0.05) is 6.07 Å². The van der Waals surface area contributed by atoms with Crippen molar-refractivity contribution in [1.82, 2.24) is 15.2 Å². The molecular weight excluding hydrogens is 250 g/mol. The van der Waals surface area contributed by atoms with Crippen LogP contribution < -0.4 is 10.9 Å². The summed E-state index contributed by atoms with van der Waals surface area (Å²) in [4.78, 5) is 16.9. The first kappa shape index (κ1) is 13.8. The average Bonchev–Trinajstić information content (AvgIpc) is 2.96. The van der Waals surface area contributed by atoms with Crippen LogP contribution in [-0.2, 0) is 6.42 Å². The summed E-state index contributed by atoms with van der Waals surface area (Å²) < 4.78 is 0. The summed E-state index contributed by atoms with van der Waals surface area (Å²) in [7, 11) is 0. The van der Waals surface area contributed by atoms with Gasteiger partial charge in [-0.2, -0.15) is 0 Å². The van der Waals surface area contributed by atoms with Gasteiger partial charge in [0.05, 0.1) is 0 Å². The zero-order valence-corrected chi connectivity index (χ0v) is 12.2. The molecule has 1 fully saturated rings. The van der Waals surface area contributed by atoms with Crippen LogP contribution in [0.2, 0.25) is 0 Å². The van der Waals surface area contributed by atoms with Gasteiger partial charge in [-0.25, -0.2) is 0 Å². The molecule has 2 heterocycles. The Morgan fingerprint density at radius 1 is 1.25 bits per heavy atom. The van der Waals surface area contributed by atoms with Crippen LogP contribution in [0.4, 0.5) is 0 Å². The molecular formula is C16H25N3O. The van der Waals surface area contributed by atoms with E-state index in [4.69, 9.17) is 0 Å². The Labute approximate surface area is 120 Å². The van der Waals surface area contributed by atoms with Crippen molar-refractivity contribution in [1.29, 1.82) is 0 Å². The first-order chi connectivity index (χ1) is 9.83. The molecule has 0 radical (unpaired) electrons. The number of aryl methyl sites for hydroxylation is 1. The number of hydrogen-bond acceptors (Lipinski definition) is 3. The van der Waals surface area contributed by atoms with E-state index in [0.29, 0.717) is 6.04 Å². The van der Waals surface area contributed by atoms with Crippen molar-refractivity contribution in [2.75, 3.05) is 26.2 Å². The first-order valence-electron chi connectivity index (χ1n) is 8.01. The monoisotopic (exact) mass is 275 g/mol. The van der Waals surface area contributed by atoms with E-state index >= 15 is 0 Å². The topological polar surface area (TPSA) is 48.1 Å². The summed E-state index contributed by atoms with van der Waals surface area (Å²) in [6.45, 7) is 4.86. The number of hydrogen-bond donors (Lipinski definition) is 2. The predicted molar refractivity (Wildman–Crippen MR) is 81.0 cm³/mol. The normalized spacial score (nSPS) is 22.9. The van der Waals surface area contributed by atoms with Gasteiger partial charge in [0.2, 0.25) is 5.56 Å². The zero-order chi connectivity index (χ0) is 13.8. The van der Waals surface area contributed by atoms with Crippen LogP contribution in [0.15, 0.2) is 16.9 Å². The Balaban J connectivity index is 1.50. The van der Waals surface area contributed by atoms with Crippen LogP contribution in [0.1, 0.15) is 49.4 Å². The molecule has 0 aromatic carbocycles. The number of nitrogens with one attached hydrogen (secondary N) is 2. The fraction of sp³-hybridized carbons (Fsp3) is 0.688. The Morgan fingerprint density at radius 3 is 2.95 bits per heavy atom. The van der Waals surface area contributed by atoms with Gasteiger partial charge in [0.25, 0.3) is 0 Å². The van der Waals surface area contributed by atoms with E-state index in [1.165, 1.54) is 50.9 Å². The minimum atomic E-state index is 0.0263. The van der Waals surface area contributed by atoms with Crippen molar-refractivity contribution in [3.63, 3.8) is 0 Å². The van der Waals surface area contributed by atoms with Crippen LogP contribution >= 0.6 is 0 Å². The highest BCUT2D eigenvalue weighted by Crippen LogP contribution is 2.27. The van der Waals surface area contributed by atoms with Crippen LogP contribution in [0, 0.1) is 0 Å². The van der Waals surface area contributed by atoms with E-state index in [1.54, 1.807) is 6.07 Å². The Kier molecular flexibility index (Phi) is 4.53.